The quantitative estimate of drug-likeness (QED) is 0.464. The lowest BCUT2D eigenvalue weighted by Gasteiger charge is -2.05. The summed E-state index contributed by atoms with van der Waals surface area (Å²) in [7, 11) is 0. The summed E-state index contributed by atoms with van der Waals surface area (Å²) in [6.07, 6.45) is 3.34. The molecule has 4 heterocycles. The first-order valence-corrected chi connectivity index (χ1v) is 9.87. The van der Waals surface area contributed by atoms with Gasteiger partial charge < -0.3 is 19.1 Å². The highest BCUT2D eigenvalue weighted by molar-refractivity contribution is 7.99. The molecule has 1 aromatic carbocycles. The Labute approximate surface area is 168 Å². The van der Waals surface area contributed by atoms with Gasteiger partial charge in [0.15, 0.2) is 16.3 Å². The summed E-state index contributed by atoms with van der Waals surface area (Å²) >= 11 is 1.38. The molecule has 2 N–H and O–H groups in total. The van der Waals surface area contributed by atoms with Crippen molar-refractivity contribution in [2.45, 2.75) is 23.5 Å². The van der Waals surface area contributed by atoms with Gasteiger partial charge >= 0.3 is 0 Å². The zero-order valence-electron chi connectivity index (χ0n) is 15.5. The second-order valence-corrected chi connectivity index (χ2v) is 7.54. The molecule has 0 fully saturated rings. The molecule has 0 saturated carbocycles. The molecule has 0 spiro atoms. The highest BCUT2D eigenvalue weighted by Crippen LogP contribution is 2.32. The van der Waals surface area contributed by atoms with E-state index >= 15 is 0 Å². The maximum atomic E-state index is 13.1. The number of rotatable bonds is 5. The lowest BCUT2D eigenvalue weighted by molar-refractivity contribution is 0.273. The first-order chi connectivity index (χ1) is 14.2. The number of H-pyrrole nitrogens is 1. The molecule has 0 aliphatic carbocycles. The van der Waals surface area contributed by atoms with E-state index in [4.69, 9.17) is 4.42 Å². The van der Waals surface area contributed by atoms with Gasteiger partial charge in [0.1, 0.15) is 5.76 Å². The standard InChI is InChI=1S/C20H17N5O3S/c1-12-15(7-10-28-12)29-20-22-16-17(24(20)8-9-26)23-19-21-14(11-25(19)18(16)27)13-5-3-2-4-6-13/h2-7,10-11,26H,8-9H2,1H3,(H,21,23). The van der Waals surface area contributed by atoms with Gasteiger partial charge in [0.25, 0.3) is 5.56 Å². The molecule has 4 aromatic heterocycles. The van der Waals surface area contributed by atoms with E-state index in [1.165, 1.54) is 16.2 Å². The SMILES string of the molecule is Cc1occc1Sc1nc2c(=O)n3cc(-c4ccccc4)[nH]c3nc2n1CCO. The molecule has 0 aliphatic rings. The maximum absolute atomic E-state index is 13.1. The highest BCUT2D eigenvalue weighted by Gasteiger charge is 2.20. The molecule has 0 amide bonds. The number of nitrogens with zero attached hydrogens (tertiary/aromatic N) is 4. The van der Waals surface area contributed by atoms with E-state index < -0.39 is 0 Å². The summed E-state index contributed by atoms with van der Waals surface area (Å²) < 4.78 is 8.58. The van der Waals surface area contributed by atoms with Gasteiger partial charge in [-0.2, -0.15) is 4.98 Å². The van der Waals surface area contributed by atoms with Crippen molar-refractivity contribution < 1.29 is 9.52 Å². The number of aliphatic hydroxyl groups excluding tert-OH is 1. The number of fused-ring (bicyclic) bond motifs is 2. The first-order valence-electron chi connectivity index (χ1n) is 9.05. The molecule has 5 aromatic rings. The van der Waals surface area contributed by atoms with Gasteiger partial charge in [-0.05, 0) is 30.3 Å². The molecule has 9 heteroatoms. The number of aryl methyl sites for hydroxylation is 1. The summed E-state index contributed by atoms with van der Waals surface area (Å²) in [5, 5.41) is 10.1. The van der Waals surface area contributed by atoms with Gasteiger partial charge in [-0.15, -0.1) is 0 Å². The van der Waals surface area contributed by atoms with Crippen LogP contribution < -0.4 is 5.56 Å². The van der Waals surface area contributed by atoms with Crippen LogP contribution in [0.5, 0.6) is 0 Å². The van der Waals surface area contributed by atoms with E-state index in [0.717, 1.165) is 21.9 Å². The van der Waals surface area contributed by atoms with Crippen LogP contribution in [0.4, 0.5) is 0 Å². The zero-order chi connectivity index (χ0) is 20.0. The second-order valence-electron chi connectivity index (χ2n) is 6.53. The molecule has 0 unspecified atom stereocenters. The van der Waals surface area contributed by atoms with Crippen LogP contribution in [0.15, 0.2) is 68.1 Å². The Kier molecular flexibility index (Phi) is 4.26. The lowest BCUT2D eigenvalue weighted by atomic mass is 10.2. The molecule has 0 saturated heterocycles. The van der Waals surface area contributed by atoms with Crippen LogP contribution in [0, 0.1) is 6.92 Å². The van der Waals surface area contributed by atoms with Gasteiger partial charge in [-0.25, -0.2) is 9.38 Å². The predicted octanol–water partition coefficient (Wildman–Crippen LogP) is 3.08. The number of furan rings is 1. The molecular formula is C20H17N5O3S. The Morgan fingerprint density at radius 3 is 2.76 bits per heavy atom. The average molecular weight is 407 g/mol. The van der Waals surface area contributed by atoms with Gasteiger partial charge in [-0.1, -0.05) is 30.3 Å². The van der Waals surface area contributed by atoms with E-state index in [1.54, 1.807) is 17.0 Å². The van der Waals surface area contributed by atoms with E-state index in [-0.39, 0.29) is 24.2 Å². The van der Waals surface area contributed by atoms with Gasteiger partial charge in [-0.3, -0.25) is 4.79 Å². The van der Waals surface area contributed by atoms with Crippen LogP contribution in [0.25, 0.3) is 28.2 Å². The van der Waals surface area contributed by atoms with E-state index in [9.17, 15) is 9.90 Å². The number of benzene rings is 1. The number of hydrogen-bond donors (Lipinski definition) is 2. The minimum absolute atomic E-state index is 0.0928. The summed E-state index contributed by atoms with van der Waals surface area (Å²) in [6.45, 7) is 2.05. The Balaban J connectivity index is 1.70. The fourth-order valence-electron chi connectivity index (χ4n) is 3.26. The van der Waals surface area contributed by atoms with Crippen LogP contribution in [-0.2, 0) is 6.54 Å². The number of aromatic amines is 1. The molecule has 29 heavy (non-hydrogen) atoms. The smallest absolute Gasteiger partial charge is 0.287 e. The maximum Gasteiger partial charge on any atom is 0.287 e. The Bertz CT molecular complexity index is 1380. The Morgan fingerprint density at radius 2 is 2.03 bits per heavy atom. The predicted molar refractivity (Wildman–Crippen MR) is 109 cm³/mol. The third kappa shape index (κ3) is 2.95. The van der Waals surface area contributed by atoms with Crippen LogP contribution >= 0.6 is 11.8 Å². The van der Waals surface area contributed by atoms with Gasteiger partial charge in [0, 0.05) is 12.7 Å². The number of aliphatic hydroxyl groups is 1. The van der Waals surface area contributed by atoms with Crippen molar-refractivity contribution in [2.24, 2.45) is 0 Å². The molecule has 8 nitrogen and oxygen atoms in total. The third-order valence-electron chi connectivity index (χ3n) is 4.69. The minimum Gasteiger partial charge on any atom is -0.468 e. The highest BCUT2D eigenvalue weighted by atomic mass is 32.2. The van der Waals surface area contributed by atoms with E-state index in [2.05, 4.69) is 15.0 Å². The largest absolute Gasteiger partial charge is 0.468 e. The average Bonchev–Trinajstić information content (AvgIpc) is 3.43. The molecule has 0 aliphatic heterocycles. The minimum atomic E-state index is -0.258. The van der Waals surface area contributed by atoms with Crippen molar-refractivity contribution in [2.75, 3.05) is 6.61 Å². The van der Waals surface area contributed by atoms with E-state index in [1.807, 2.05) is 43.3 Å². The van der Waals surface area contributed by atoms with Crippen LogP contribution in [-0.4, -0.2) is 35.6 Å². The summed E-state index contributed by atoms with van der Waals surface area (Å²) in [5.41, 5.74) is 2.19. The fraction of sp³-hybridized carbons (Fsp3) is 0.150. The number of hydrogen-bond acceptors (Lipinski definition) is 6. The zero-order valence-corrected chi connectivity index (χ0v) is 16.3. The fourth-order valence-corrected chi connectivity index (χ4v) is 4.19. The molecule has 0 atom stereocenters. The van der Waals surface area contributed by atoms with E-state index in [0.29, 0.717) is 16.6 Å². The third-order valence-corrected chi connectivity index (χ3v) is 5.83. The van der Waals surface area contributed by atoms with Crippen LogP contribution in [0.1, 0.15) is 5.76 Å². The molecule has 0 radical (unpaired) electrons. The number of nitrogens with one attached hydrogen (secondary N) is 1. The molecule has 0 bridgehead atoms. The van der Waals surface area contributed by atoms with Crippen molar-refractivity contribution in [3.8, 4) is 11.3 Å². The Hall–Kier alpha value is -3.30. The van der Waals surface area contributed by atoms with Crippen LogP contribution in [0.2, 0.25) is 0 Å². The van der Waals surface area contributed by atoms with Gasteiger partial charge in [0.2, 0.25) is 5.78 Å². The topological polar surface area (TPSA) is 101 Å². The van der Waals surface area contributed by atoms with Crippen molar-refractivity contribution in [3.63, 3.8) is 0 Å². The lowest BCUT2D eigenvalue weighted by Crippen LogP contribution is -2.14. The normalized spacial score (nSPS) is 11.7. The summed E-state index contributed by atoms with van der Waals surface area (Å²) in [4.78, 5) is 26.4. The monoisotopic (exact) mass is 407 g/mol. The van der Waals surface area contributed by atoms with Crippen molar-refractivity contribution in [1.82, 2.24) is 23.9 Å². The molecule has 5 rings (SSSR count). The number of aromatic nitrogens is 5. The summed E-state index contributed by atoms with van der Waals surface area (Å²) in [6, 6.07) is 11.6. The molecular weight excluding hydrogens is 390 g/mol. The van der Waals surface area contributed by atoms with Crippen molar-refractivity contribution in [1.29, 1.82) is 0 Å². The summed E-state index contributed by atoms with van der Waals surface area (Å²) in [5.74, 6) is 1.19. The second kappa shape index (κ2) is 6.94. The Morgan fingerprint density at radius 1 is 1.21 bits per heavy atom. The van der Waals surface area contributed by atoms with Crippen molar-refractivity contribution in [3.05, 3.63) is 65.0 Å². The first kappa shape index (κ1) is 17.8. The molecule has 146 valence electrons. The van der Waals surface area contributed by atoms with Crippen LogP contribution in [0.3, 0.4) is 0 Å². The number of imidazole rings is 2. The van der Waals surface area contributed by atoms with Crippen molar-refractivity contribution >= 4 is 28.7 Å². The van der Waals surface area contributed by atoms with Gasteiger partial charge in [0.05, 0.1) is 23.5 Å².